The molecule has 17 heavy (non-hydrogen) atoms. The van der Waals surface area contributed by atoms with Gasteiger partial charge in [0.15, 0.2) is 0 Å². The van der Waals surface area contributed by atoms with E-state index in [1.807, 2.05) is 11.8 Å². The molecule has 0 saturated heterocycles. The maximum atomic E-state index is 11.7. The smallest absolute Gasteiger partial charge is 0.236 e. The lowest BCUT2D eigenvalue weighted by molar-refractivity contribution is -0.130. The third-order valence-electron chi connectivity index (χ3n) is 2.71. The largest absolute Gasteiger partial charge is 0.352 e. The van der Waals surface area contributed by atoms with Crippen LogP contribution in [0.1, 0.15) is 26.2 Å². The number of hydrogen-bond donors (Lipinski definition) is 1. The fourth-order valence-electron chi connectivity index (χ4n) is 1.57. The number of hydrogen-bond acceptors (Lipinski definition) is 3. The van der Waals surface area contributed by atoms with Crippen LogP contribution in [0.25, 0.3) is 0 Å². The Morgan fingerprint density at radius 2 is 1.88 bits per heavy atom. The zero-order valence-corrected chi connectivity index (χ0v) is 11.0. The van der Waals surface area contributed by atoms with Crippen molar-refractivity contribution in [3.05, 3.63) is 0 Å². The number of likely N-dealkylation sites (N-methyl/N-ethyl adjacent to an activating group) is 1. The lowest BCUT2D eigenvalue weighted by atomic mass is 10.3. The average molecular weight is 241 g/mol. The van der Waals surface area contributed by atoms with E-state index in [0.717, 1.165) is 25.8 Å². The first kappa shape index (κ1) is 14.0. The maximum absolute atomic E-state index is 11.7. The molecule has 0 bridgehead atoms. The Balaban J connectivity index is 2.35. The van der Waals surface area contributed by atoms with Gasteiger partial charge >= 0.3 is 0 Å². The molecule has 1 aliphatic carbocycles. The summed E-state index contributed by atoms with van der Waals surface area (Å²) in [5, 5.41) is 2.94. The van der Waals surface area contributed by atoms with Crippen molar-refractivity contribution in [3.8, 4) is 0 Å². The van der Waals surface area contributed by atoms with E-state index in [-0.39, 0.29) is 11.8 Å². The summed E-state index contributed by atoms with van der Waals surface area (Å²) >= 11 is 0. The Morgan fingerprint density at radius 3 is 2.35 bits per heavy atom. The van der Waals surface area contributed by atoms with Gasteiger partial charge in [-0.05, 0) is 25.8 Å². The monoisotopic (exact) mass is 241 g/mol. The van der Waals surface area contributed by atoms with Gasteiger partial charge in [0.25, 0.3) is 0 Å². The molecule has 1 fully saturated rings. The van der Waals surface area contributed by atoms with Gasteiger partial charge in [-0.3, -0.25) is 14.5 Å². The van der Waals surface area contributed by atoms with E-state index in [0.29, 0.717) is 19.1 Å². The molecule has 0 spiro atoms. The minimum atomic E-state index is 0.0347. The average Bonchev–Trinajstić information content (AvgIpc) is 3.01. The van der Waals surface area contributed by atoms with Crippen LogP contribution in [0.15, 0.2) is 0 Å². The summed E-state index contributed by atoms with van der Waals surface area (Å²) in [4.78, 5) is 26.7. The van der Waals surface area contributed by atoms with Crippen molar-refractivity contribution in [2.45, 2.75) is 32.2 Å². The third kappa shape index (κ3) is 5.68. The van der Waals surface area contributed by atoms with Crippen molar-refractivity contribution in [1.29, 1.82) is 0 Å². The van der Waals surface area contributed by atoms with Gasteiger partial charge in [-0.25, -0.2) is 0 Å². The maximum Gasteiger partial charge on any atom is 0.236 e. The highest BCUT2D eigenvalue weighted by Crippen LogP contribution is 2.18. The molecule has 0 aromatic carbocycles. The summed E-state index contributed by atoms with van der Waals surface area (Å²) in [6.07, 6.45) is 3.13. The molecule has 1 rings (SSSR count). The molecular formula is C12H23N3O2. The fourth-order valence-corrected chi connectivity index (χ4v) is 1.57. The van der Waals surface area contributed by atoms with Gasteiger partial charge in [-0.15, -0.1) is 0 Å². The van der Waals surface area contributed by atoms with Gasteiger partial charge < -0.3 is 10.2 Å². The molecule has 0 aromatic rings. The summed E-state index contributed by atoms with van der Waals surface area (Å²) in [7, 11) is 3.47. The Hall–Kier alpha value is -1.10. The molecule has 1 N–H and O–H groups in total. The quantitative estimate of drug-likeness (QED) is 0.686. The van der Waals surface area contributed by atoms with Crippen molar-refractivity contribution in [2.75, 3.05) is 33.7 Å². The Bertz CT molecular complexity index is 275. The second-order valence-electron chi connectivity index (χ2n) is 4.84. The second kappa shape index (κ2) is 6.59. The van der Waals surface area contributed by atoms with E-state index < -0.39 is 0 Å². The molecule has 5 nitrogen and oxygen atoms in total. The lowest BCUT2D eigenvalue weighted by Crippen LogP contribution is -2.43. The highest BCUT2D eigenvalue weighted by atomic mass is 16.2. The molecule has 0 aromatic heterocycles. The van der Waals surface area contributed by atoms with Crippen LogP contribution < -0.4 is 5.32 Å². The van der Waals surface area contributed by atoms with Crippen LogP contribution in [0.3, 0.4) is 0 Å². The van der Waals surface area contributed by atoms with Gasteiger partial charge in [0.2, 0.25) is 11.8 Å². The molecule has 0 unspecified atom stereocenters. The first-order valence-electron chi connectivity index (χ1n) is 6.24. The normalized spacial score (nSPS) is 14.8. The topological polar surface area (TPSA) is 52.7 Å². The Morgan fingerprint density at radius 1 is 1.24 bits per heavy atom. The van der Waals surface area contributed by atoms with Crippen LogP contribution in [-0.4, -0.2) is 61.4 Å². The number of amides is 2. The SMILES string of the molecule is CCCN(CC(=O)NC1CC1)CC(=O)N(C)C. The summed E-state index contributed by atoms with van der Waals surface area (Å²) in [6.45, 7) is 3.46. The van der Waals surface area contributed by atoms with E-state index >= 15 is 0 Å². The number of nitrogens with zero attached hydrogens (tertiary/aromatic N) is 2. The van der Waals surface area contributed by atoms with E-state index in [1.165, 1.54) is 0 Å². The van der Waals surface area contributed by atoms with Gasteiger partial charge in [0.1, 0.15) is 0 Å². The van der Waals surface area contributed by atoms with E-state index in [1.54, 1.807) is 19.0 Å². The van der Waals surface area contributed by atoms with Crippen LogP contribution in [0.2, 0.25) is 0 Å². The van der Waals surface area contributed by atoms with Crippen LogP contribution in [0, 0.1) is 0 Å². The van der Waals surface area contributed by atoms with Crippen molar-refractivity contribution >= 4 is 11.8 Å². The van der Waals surface area contributed by atoms with Gasteiger partial charge in [0, 0.05) is 20.1 Å². The third-order valence-corrected chi connectivity index (χ3v) is 2.71. The summed E-state index contributed by atoms with van der Waals surface area (Å²) in [6, 6.07) is 0.385. The molecule has 0 heterocycles. The van der Waals surface area contributed by atoms with Gasteiger partial charge in [-0.1, -0.05) is 6.92 Å². The van der Waals surface area contributed by atoms with Crippen LogP contribution in [0.4, 0.5) is 0 Å². The zero-order valence-electron chi connectivity index (χ0n) is 11.0. The molecule has 98 valence electrons. The van der Waals surface area contributed by atoms with Gasteiger partial charge in [0.05, 0.1) is 13.1 Å². The van der Waals surface area contributed by atoms with E-state index in [9.17, 15) is 9.59 Å². The molecule has 0 radical (unpaired) electrons. The fraction of sp³-hybridized carbons (Fsp3) is 0.833. The van der Waals surface area contributed by atoms with Crippen LogP contribution in [0.5, 0.6) is 0 Å². The standard InChI is InChI=1S/C12H23N3O2/c1-4-7-15(9-12(17)14(2)3)8-11(16)13-10-5-6-10/h10H,4-9H2,1-3H3,(H,13,16). The molecule has 0 aliphatic heterocycles. The number of nitrogens with one attached hydrogen (secondary N) is 1. The van der Waals surface area contributed by atoms with E-state index in [4.69, 9.17) is 0 Å². The first-order chi connectivity index (χ1) is 8.02. The van der Waals surface area contributed by atoms with Crippen LogP contribution >= 0.6 is 0 Å². The summed E-state index contributed by atoms with van der Waals surface area (Å²) < 4.78 is 0. The van der Waals surface area contributed by atoms with Crippen molar-refractivity contribution in [1.82, 2.24) is 15.1 Å². The summed E-state index contributed by atoms with van der Waals surface area (Å²) in [5.74, 6) is 0.0742. The number of carbonyl (C=O) groups is 2. The first-order valence-corrected chi connectivity index (χ1v) is 6.24. The highest BCUT2D eigenvalue weighted by Gasteiger charge is 2.24. The minimum Gasteiger partial charge on any atom is -0.352 e. The predicted octanol–water partition coefficient (Wildman–Crippen LogP) is 0.0652. The molecular weight excluding hydrogens is 218 g/mol. The Kier molecular flexibility index (Phi) is 5.41. The van der Waals surface area contributed by atoms with Gasteiger partial charge in [-0.2, -0.15) is 0 Å². The summed E-state index contributed by atoms with van der Waals surface area (Å²) in [5.41, 5.74) is 0. The number of rotatable bonds is 7. The second-order valence-corrected chi connectivity index (χ2v) is 4.84. The predicted molar refractivity (Wildman–Crippen MR) is 66.6 cm³/mol. The van der Waals surface area contributed by atoms with E-state index in [2.05, 4.69) is 5.32 Å². The molecule has 2 amide bonds. The number of carbonyl (C=O) groups excluding carboxylic acids is 2. The lowest BCUT2D eigenvalue weighted by Gasteiger charge is -2.22. The van der Waals surface area contributed by atoms with Crippen molar-refractivity contribution in [3.63, 3.8) is 0 Å². The molecule has 1 saturated carbocycles. The molecule has 0 atom stereocenters. The molecule has 1 aliphatic rings. The zero-order chi connectivity index (χ0) is 12.8. The molecule has 5 heteroatoms. The van der Waals surface area contributed by atoms with Crippen molar-refractivity contribution in [2.24, 2.45) is 0 Å². The Labute approximate surface area is 103 Å². The minimum absolute atomic E-state index is 0.0347. The van der Waals surface area contributed by atoms with Crippen molar-refractivity contribution < 1.29 is 9.59 Å². The van der Waals surface area contributed by atoms with Crippen LogP contribution in [-0.2, 0) is 9.59 Å². The highest BCUT2D eigenvalue weighted by molar-refractivity contribution is 5.81.